The summed E-state index contributed by atoms with van der Waals surface area (Å²) in [6.45, 7) is 5.24. The monoisotopic (exact) mass is 351 g/mol. The predicted molar refractivity (Wildman–Crippen MR) is 103 cm³/mol. The molecule has 0 atom stereocenters. The van der Waals surface area contributed by atoms with E-state index in [9.17, 15) is 9.59 Å². The number of hydrogen-bond donors (Lipinski definition) is 1. The van der Waals surface area contributed by atoms with Crippen molar-refractivity contribution in [3.63, 3.8) is 0 Å². The third-order valence-electron chi connectivity index (χ3n) is 4.57. The van der Waals surface area contributed by atoms with Gasteiger partial charge < -0.3 is 10.2 Å². The second-order valence-electron chi connectivity index (χ2n) is 6.71. The zero-order chi connectivity index (χ0) is 18.4. The SMILES string of the molecule is Cc1cccc(C(=O)N2CCCN(CC(=O)Nc3ccccc3)CC2)c1. The van der Waals surface area contributed by atoms with Gasteiger partial charge in [0.1, 0.15) is 0 Å². The van der Waals surface area contributed by atoms with Crippen LogP contribution >= 0.6 is 0 Å². The fraction of sp³-hybridized carbons (Fsp3) is 0.333. The van der Waals surface area contributed by atoms with E-state index in [1.54, 1.807) is 0 Å². The Balaban J connectivity index is 1.53. The van der Waals surface area contributed by atoms with Gasteiger partial charge in [0.15, 0.2) is 0 Å². The summed E-state index contributed by atoms with van der Waals surface area (Å²) >= 11 is 0. The zero-order valence-electron chi connectivity index (χ0n) is 15.1. The summed E-state index contributed by atoms with van der Waals surface area (Å²) in [6.07, 6.45) is 0.871. The Hall–Kier alpha value is -2.66. The Morgan fingerprint density at radius 3 is 2.54 bits per heavy atom. The Kier molecular flexibility index (Phi) is 6.02. The van der Waals surface area contributed by atoms with Crippen LogP contribution in [0.25, 0.3) is 0 Å². The third kappa shape index (κ3) is 4.92. The molecule has 0 saturated carbocycles. The van der Waals surface area contributed by atoms with Gasteiger partial charge in [-0.25, -0.2) is 0 Å². The van der Waals surface area contributed by atoms with E-state index in [4.69, 9.17) is 0 Å². The van der Waals surface area contributed by atoms with Gasteiger partial charge in [0.2, 0.25) is 5.91 Å². The lowest BCUT2D eigenvalue weighted by atomic mass is 10.1. The summed E-state index contributed by atoms with van der Waals surface area (Å²) in [7, 11) is 0. The van der Waals surface area contributed by atoms with Crippen LogP contribution in [0, 0.1) is 6.92 Å². The fourth-order valence-corrected chi connectivity index (χ4v) is 3.22. The van der Waals surface area contributed by atoms with Crippen LogP contribution in [0.3, 0.4) is 0 Å². The molecule has 0 radical (unpaired) electrons. The largest absolute Gasteiger partial charge is 0.337 e. The minimum absolute atomic E-state index is 0.0188. The molecule has 1 aliphatic rings. The molecule has 26 heavy (non-hydrogen) atoms. The van der Waals surface area contributed by atoms with Gasteiger partial charge in [0.25, 0.3) is 5.91 Å². The second kappa shape index (κ2) is 8.63. The average Bonchev–Trinajstić information content (AvgIpc) is 2.87. The molecule has 2 amide bonds. The normalized spacial score (nSPS) is 15.3. The maximum Gasteiger partial charge on any atom is 0.253 e. The van der Waals surface area contributed by atoms with E-state index >= 15 is 0 Å². The molecule has 1 saturated heterocycles. The number of anilines is 1. The summed E-state index contributed by atoms with van der Waals surface area (Å²) in [5, 5.41) is 2.91. The molecule has 0 unspecified atom stereocenters. The number of amides is 2. The van der Waals surface area contributed by atoms with Gasteiger partial charge >= 0.3 is 0 Å². The highest BCUT2D eigenvalue weighted by Crippen LogP contribution is 2.11. The van der Waals surface area contributed by atoms with Crippen molar-refractivity contribution in [1.82, 2.24) is 9.80 Å². The van der Waals surface area contributed by atoms with E-state index in [1.165, 1.54) is 0 Å². The Labute approximate surface area is 154 Å². The second-order valence-corrected chi connectivity index (χ2v) is 6.71. The van der Waals surface area contributed by atoms with Gasteiger partial charge in [-0.1, -0.05) is 35.9 Å². The van der Waals surface area contributed by atoms with Crippen LogP contribution in [0.4, 0.5) is 5.69 Å². The molecule has 0 aromatic heterocycles. The first kappa shape index (κ1) is 18.1. The Morgan fingerprint density at radius 1 is 0.962 bits per heavy atom. The summed E-state index contributed by atoms with van der Waals surface area (Å²) < 4.78 is 0. The van der Waals surface area contributed by atoms with Gasteiger partial charge in [-0.2, -0.15) is 0 Å². The van der Waals surface area contributed by atoms with Gasteiger partial charge in [-0.15, -0.1) is 0 Å². The standard InChI is InChI=1S/C21H25N3O2/c1-17-7-5-8-18(15-17)21(26)24-12-6-11-23(13-14-24)16-20(25)22-19-9-3-2-4-10-19/h2-5,7-10,15H,6,11-14,16H2,1H3,(H,22,25). The van der Waals surface area contributed by atoms with E-state index < -0.39 is 0 Å². The molecule has 1 heterocycles. The smallest absolute Gasteiger partial charge is 0.253 e. The topological polar surface area (TPSA) is 52.7 Å². The number of nitrogens with one attached hydrogen (secondary N) is 1. The number of nitrogens with zero attached hydrogens (tertiary/aromatic N) is 2. The zero-order valence-corrected chi connectivity index (χ0v) is 15.1. The van der Waals surface area contributed by atoms with Crippen molar-refractivity contribution in [2.24, 2.45) is 0 Å². The quantitative estimate of drug-likeness (QED) is 0.922. The van der Waals surface area contributed by atoms with Crippen LogP contribution in [-0.4, -0.2) is 54.3 Å². The van der Waals surface area contributed by atoms with Crippen molar-refractivity contribution >= 4 is 17.5 Å². The van der Waals surface area contributed by atoms with Crippen molar-refractivity contribution < 1.29 is 9.59 Å². The minimum atomic E-state index is -0.0188. The Morgan fingerprint density at radius 2 is 1.77 bits per heavy atom. The molecule has 1 aliphatic heterocycles. The number of hydrogen-bond acceptors (Lipinski definition) is 3. The molecule has 3 rings (SSSR count). The van der Waals surface area contributed by atoms with E-state index in [-0.39, 0.29) is 11.8 Å². The first-order chi connectivity index (χ1) is 12.6. The number of aryl methyl sites for hydroxylation is 1. The van der Waals surface area contributed by atoms with Crippen LogP contribution in [0.2, 0.25) is 0 Å². The molecule has 136 valence electrons. The first-order valence-electron chi connectivity index (χ1n) is 9.05. The summed E-state index contributed by atoms with van der Waals surface area (Å²) in [6, 6.07) is 17.2. The summed E-state index contributed by atoms with van der Waals surface area (Å²) in [5.74, 6) is 0.0546. The third-order valence-corrected chi connectivity index (χ3v) is 4.57. The van der Waals surface area contributed by atoms with E-state index in [1.807, 2.05) is 66.4 Å². The molecule has 2 aromatic rings. The predicted octanol–water partition coefficient (Wildman–Crippen LogP) is 2.78. The van der Waals surface area contributed by atoms with Crippen LogP contribution < -0.4 is 5.32 Å². The number of benzene rings is 2. The highest BCUT2D eigenvalue weighted by Gasteiger charge is 2.21. The number of carbonyl (C=O) groups is 2. The first-order valence-corrected chi connectivity index (χ1v) is 9.05. The lowest BCUT2D eigenvalue weighted by Crippen LogP contribution is -2.38. The molecule has 1 N–H and O–H groups in total. The fourth-order valence-electron chi connectivity index (χ4n) is 3.22. The lowest BCUT2D eigenvalue weighted by molar-refractivity contribution is -0.117. The van der Waals surface area contributed by atoms with Gasteiger partial charge in [0.05, 0.1) is 6.54 Å². The molecule has 1 fully saturated rings. The van der Waals surface area contributed by atoms with Crippen LogP contribution in [0.15, 0.2) is 54.6 Å². The van der Waals surface area contributed by atoms with Gasteiger partial charge in [-0.3, -0.25) is 14.5 Å². The molecule has 0 bridgehead atoms. The van der Waals surface area contributed by atoms with Crippen molar-refractivity contribution in [2.75, 3.05) is 38.0 Å². The Bertz CT molecular complexity index is 761. The minimum Gasteiger partial charge on any atom is -0.337 e. The van der Waals surface area contributed by atoms with E-state index in [0.717, 1.165) is 36.3 Å². The number of para-hydroxylation sites is 1. The number of rotatable bonds is 4. The molecular weight excluding hydrogens is 326 g/mol. The van der Waals surface area contributed by atoms with Crippen molar-refractivity contribution in [3.8, 4) is 0 Å². The summed E-state index contributed by atoms with van der Waals surface area (Å²) in [4.78, 5) is 28.9. The molecule has 2 aromatic carbocycles. The van der Waals surface area contributed by atoms with Crippen LogP contribution in [0.5, 0.6) is 0 Å². The molecule has 0 spiro atoms. The van der Waals surface area contributed by atoms with E-state index in [0.29, 0.717) is 19.6 Å². The van der Waals surface area contributed by atoms with Crippen molar-refractivity contribution in [3.05, 3.63) is 65.7 Å². The van der Waals surface area contributed by atoms with Crippen LogP contribution in [0.1, 0.15) is 22.3 Å². The molecular formula is C21H25N3O2. The molecule has 5 nitrogen and oxygen atoms in total. The van der Waals surface area contributed by atoms with Gasteiger partial charge in [-0.05, 0) is 37.6 Å². The highest BCUT2D eigenvalue weighted by molar-refractivity contribution is 5.94. The maximum absolute atomic E-state index is 12.7. The number of carbonyl (C=O) groups excluding carboxylic acids is 2. The average molecular weight is 351 g/mol. The van der Waals surface area contributed by atoms with Gasteiger partial charge in [0, 0.05) is 37.4 Å². The maximum atomic E-state index is 12.7. The van der Waals surface area contributed by atoms with Crippen molar-refractivity contribution in [1.29, 1.82) is 0 Å². The highest BCUT2D eigenvalue weighted by atomic mass is 16.2. The van der Waals surface area contributed by atoms with E-state index in [2.05, 4.69) is 10.2 Å². The summed E-state index contributed by atoms with van der Waals surface area (Å²) in [5.41, 5.74) is 2.63. The molecule has 0 aliphatic carbocycles. The molecule has 5 heteroatoms. The lowest BCUT2D eigenvalue weighted by Gasteiger charge is -2.22. The van der Waals surface area contributed by atoms with Crippen LogP contribution in [-0.2, 0) is 4.79 Å². The van der Waals surface area contributed by atoms with Crippen molar-refractivity contribution in [2.45, 2.75) is 13.3 Å².